The van der Waals surface area contributed by atoms with Crippen molar-refractivity contribution in [3.8, 4) is 0 Å². The first-order valence-corrected chi connectivity index (χ1v) is 6.79. The van der Waals surface area contributed by atoms with E-state index < -0.39 is 0 Å². The third kappa shape index (κ3) is 3.57. The van der Waals surface area contributed by atoms with Gasteiger partial charge in [0.25, 0.3) is 0 Å². The van der Waals surface area contributed by atoms with Gasteiger partial charge in [0.2, 0.25) is 0 Å². The molecule has 1 aliphatic rings. The molecule has 1 saturated carbocycles. The Kier molecular flexibility index (Phi) is 3.88. The summed E-state index contributed by atoms with van der Waals surface area (Å²) >= 11 is 0. The monoisotopic (exact) mass is 232 g/mol. The van der Waals surface area contributed by atoms with Crippen LogP contribution in [0.15, 0.2) is 30.3 Å². The molecule has 2 rings (SSSR count). The van der Waals surface area contributed by atoms with Gasteiger partial charge in [0.05, 0.1) is 6.10 Å². The molecule has 0 heterocycles. The van der Waals surface area contributed by atoms with Crippen molar-refractivity contribution >= 4 is 0 Å². The zero-order chi connectivity index (χ0) is 12.3. The van der Waals surface area contributed by atoms with Crippen LogP contribution in [0.2, 0.25) is 0 Å². The largest absolute Gasteiger partial charge is 0.392 e. The Morgan fingerprint density at radius 2 is 1.76 bits per heavy atom. The number of hydrogen-bond donors (Lipinski definition) is 1. The lowest BCUT2D eigenvalue weighted by Gasteiger charge is -2.36. The summed E-state index contributed by atoms with van der Waals surface area (Å²) in [6, 6.07) is 10.3. The molecule has 0 bridgehead atoms. The van der Waals surface area contributed by atoms with Crippen molar-refractivity contribution in [3.05, 3.63) is 35.9 Å². The number of aliphatic hydroxyl groups is 1. The SMILES string of the molecule is CC1(C)CCC(C(O)Cc2ccccc2)CC1. The van der Waals surface area contributed by atoms with Gasteiger partial charge in [-0.2, -0.15) is 0 Å². The van der Waals surface area contributed by atoms with E-state index >= 15 is 0 Å². The maximum atomic E-state index is 10.3. The Bertz CT molecular complexity index is 332. The lowest BCUT2D eigenvalue weighted by molar-refractivity contribution is 0.0576. The van der Waals surface area contributed by atoms with Crippen LogP contribution in [0.4, 0.5) is 0 Å². The molecule has 0 radical (unpaired) electrons. The molecule has 17 heavy (non-hydrogen) atoms. The Labute approximate surface area is 105 Å². The normalized spacial score (nSPS) is 22.3. The fourth-order valence-corrected chi connectivity index (χ4v) is 2.83. The maximum absolute atomic E-state index is 10.3. The van der Waals surface area contributed by atoms with E-state index in [0.29, 0.717) is 11.3 Å². The van der Waals surface area contributed by atoms with E-state index in [1.807, 2.05) is 18.2 Å². The van der Waals surface area contributed by atoms with E-state index in [4.69, 9.17) is 0 Å². The van der Waals surface area contributed by atoms with E-state index in [0.717, 1.165) is 6.42 Å². The maximum Gasteiger partial charge on any atom is 0.0608 e. The fraction of sp³-hybridized carbons (Fsp3) is 0.625. The molecule has 1 aliphatic carbocycles. The van der Waals surface area contributed by atoms with Crippen LogP contribution in [-0.2, 0) is 6.42 Å². The van der Waals surface area contributed by atoms with Crippen LogP contribution in [0.1, 0.15) is 45.1 Å². The van der Waals surface area contributed by atoms with Gasteiger partial charge in [-0.15, -0.1) is 0 Å². The Hall–Kier alpha value is -0.820. The molecule has 1 unspecified atom stereocenters. The first kappa shape index (κ1) is 12.6. The van der Waals surface area contributed by atoms with Gasteiger partial charge >= 0.3 is 0 Å². The molecule has 0 spiro atoms. The highest BCUT2D eigenvalue weighted by Crippen LogP contribution is 2.39. The van der Waals surface area contributed by atoms with E-state index in [-0.39, 0.29) is 6.10 Å². The van der Waals surface area contributed by atoms with Crippen LogP contribution in [-0.4, -0.2) is 11.2 Å². The van der Waals surface area contributed by atoms with Crippen molar-refractivity contribution in [1.82, 2.24) is 0 Å². The molecule has 1 nitrogen and oxygen atoms in total. The van der Waals surface area contributed by atoms with Crippen molar-refractivity contribution < 1.29 is 5.11 Å². The Morgan fingerprint density at radius 3 is 2.35 bits per heavy atom. The van der Waals surface area contributed by atoms with E-state index in [9.17, 15) is 5.11 Å². The standard InChI is InChI=1S/C16H24O/c1-16(2)10-8-14(9-11-16)15(17)12-13-6-4-3-5-7-13/h3-7,14-15,17H,8-12H2,1-2H3. The third-order valence-corrected chi connectivity index (χ3v) is 4.22. The molecule has 1 N–H and O–H groups in total. The molecule has 0 aliphatic heterocycles. The van der Waals surface area contributed by atoms with Crippen LogP contribution in [0.3, 0.4) is 0 Å². The van der Waals surface area contributed by atoms with Crippen molar-refractivity contribution in [2.75, 3.05) is 0 Å². The predicted molar refractivity (Wildman–Crippen MR) is 71.9 cm³/mol. The average Bonchev–Trinajstić information content (AvgIpc) is 2.30. The van der Waals surface area contributed by atoms with Gasteiger partial charge in [0, 0.05) is 0 Å². The molecule has 1 aromatic rings. The van der Waals surface area contributed by atoms with E-state index in [2.05, 4.69) is 26.0 Å². The minimum Gasteiger partial charge on any atom is -0.392 e. The van der Waals surface area contributed by atoms with Crippen LogP contribution in [0, 0.1) is 11.3 Å². The van der Waals surface area contributed by atoms with Crippen molar-refractivity contribution in [2.24, 2.45) is 11.3 Å². The number of aliphatic hydroxyl groups excluding tert-OH is 1. The van der Waals surface area contributed by atoms with E-state index in [1.165, 1.54) is 31.2 Å². The third-order valence-electron chi connectivity index (χ3n) is 4.22. The van der Waals surface area contributed by atoms with Crippen LogP contribution >= 0.6 is 0 Å². The van der Waals surface area contributed by atoms with Gasteiger partial charge in [-0.05, 0) is 49.0 Å². The van der Waals surface area contributed by atoms with Crippen molar-refractivity contribution in [3.63, 3.8) is 0 Å². The second-order valence-corrected chi connectivity index (χ2v) is 6.26. The topological polar surface area (TPSA) is 20.2 Å². The lowest BCUT2D eigenvalue weighted by atomic mass is 9.71. The van der Waals surface area contributed by atoms with Gasteiger partial charge in [-0.3, -0.25) is 0 Å². The highest BCUT2D eigenvalue weighted by molar-refractivity contribution is 5.15. The second-order valence-electron chi connectivity index (χ2n) is 6.26. The molecule has 0 saturated heterocycles. The molecule has 1 atom stereocenters. The summed E-state index contributed by atoms with van der Waals surface area (Å²) in [6.45, 7) is 4.68. The Balaban J connectivity index is 1.87. The molecular weight excluding hydrogens is 208 g/mol. The van der Waals surface area contributed by atoms with Crippen LogP contribution in [0.5, 0.6) is 0 Å². The van der Waals surface area contributed by atoms with Gasteiger partial charge in [-0.1, -0.05) is 44.2 Å². The summed E-state index contributed by atoms with van der Waals surface area (Å²) in [6.07, 6.45) is 5.52. The molecule has 1 aromatic carbocycles. The molecule has 1 fully saturated rings. The van der Waals surface area contributed by atoms with Crippen molar-refractivity contribution in [1.29, 1.82) is 0 Å². The first-order chi connectivity index (χ1) is 8.07. The summed E-state index contributed by atoms with van der Waals surface area (Å²) < 4.78 is 0. The summed E-state index contributed by atoms with van der Waals surface area (Å²) in [5.41, 5.74) is 1.74. The predicted octanol–water partition coefficient (Wildman–Crippen LogP) is 3.81. The highest BCUT2D eigenvalue weighted by atomic mass is 16.3. The minimum atomic E-state index is -0.159. The smallest absolute Gasteiger partial charge is 0.0608 e. The second kappa shape index (κ2) is 5.22. The molecule has 94 valence electrons. The first-order valence-electron chi connectivity index (χ1n) is 6.79. The van der Waals surface area contributed by atoms with Gasteiger partial charge in [0.1, 0.15) is 0 Å². The Morgan fingerprint density at radius 1 is 1.18 bits per heavy atom. The highest BCUT2D eigenvalue weighted by Gasteiger charge is 2.30. The van der Waals surface area contributed by atoms with Crippen LogP contribution in [0.25, 0.3) is 0 Å². The van der Waals surface area contributed by atoms with Gasteiger partial charge in [-0.25, -0.2) is 0 Å². The molecule has 1 heteroatoms. The van der Waals surface area contributed by atoms with Crippen molar-refractivity contribution in [2.45, 2.75) is 52.1 Å². The summed E-state index contributed by atoms with van der Waals surface area (Å²) in [5, 5.41) is 10.3. The molecule has 0 aromatic heterocycles. The quantitative estimate of drug-likeness (QED) is 0.840. The molecular formula is C16H24O. The number of rotatable bonds is 3. The summed E-state index contributed by atoms with van der Waals surface area (Å²) in [7, 11) is 0. The fourth-order valence-electron chi connectivity index (χ4n) is 2.83. The van der Waals surface area contributed by atoms with Crippen LogP contribution < -0.4 is 0 Å². The van der Waals surface area contributed by atoms with Gasteiger partial charge in [0.15, 0.2) is 0 Å². The summed E-state index contributed by atoms with van der Waals surface area (Å²) in [5.74, 6) is 0.503. The molecule has 0 amide bonds. The number of benzene rings is 1. The number of hydrogen-bond acceptors (Lipinski definition) is 1. The minimum absolute atomic E-state index is 0.159. The summed E-state index contributed by atoms with van der Waals surface area (Å²) in [4.78, 5) is 0. The zero-order valence-electron chi connectivity index (χ0n) is 11.0. The zero-order valence-corrected chi connectivity index (χ0v) is 11.0. The van der Waals surface area contributed by atoms with E-state index in [1.54, 1.807) is 0 Å². The lowest BCUT2D eigenvalue weighted by Crippen LogP contribution is -2.30. The average molecular weight is 232 g/mol. The van der Waals surface area contributed by atoms with Gasteiger partial charge < -0.3 is 5.11 Å².